The van der Waals surface area contributed by atoms with Crippen LogP contribution in [0.2, 0.25) is 10.0 Å². The first-order valence-electron chi connectivity index (χ1n) is 8.62. The van der Waals surface area contributed by atoms with Crippen LogP contribution in [0.5, 0.6) is 0 Å². The minimum absolute atomic E-state index is 0.209. The van der Waals surface area contributed by atoms with Crippen LogP contribution in [0.25, 0.3) is 0 Å². The van der Waals surface area contributed by atoms with Crippen LogP contribution in [0.15, 0.2) is 36.4 Å². The predicted octanol–water partition coefficient (Wildman–Crippen LogP) is 4.49. The first-order valence-corrected chi connectivity index (χ1v) is 9.38. The highest BCUT2D eigenvalue weighted by atomic mass is 35.5. The van der Waals surface area contributed by atoms with Crippen molar-refractivity contribution in [2.75, 3.05) is 16.3 Å². The van der Waals surface area contributed by atoms with Gasteiger partial charge in [0.15, 0.2) is 0 Å². The Balaban J connectivity index is 1.90. The van der Waals surface area contributed by atoms with E-state index in [1.807, 2.05) is 6.92 Å². The average molecular weight is 405 g/mol. The highest BCUT2D eigenvalue weighted by Gasteiger charge is 2.36. The van der Waals surface area contributed by atoms with Crippen LogP contribution < -0.4 is 9.80 Å². The molecule has 1 aliphatic heterocycles. The molecule has 0 radical (unpaired) electrons. The number of Topliss-reactive ketones (excluding diaryl/α,β-unsaturated/α-hetero) is 1. The molecule has 1 aliphatic rings. The normalized spacial score (nSPS) is 13.1. The summed E-state index contributed by atoms with van der Waals surface area (Å²) in [5, 5.41) is 0.815. The van der Waals surface area contributed by atoms with Crippen molar-refractivity contribution in [2.24, 2.45) is 0 Å². The van der Waals surface area contributed by atoms with Gasteiger partial charge in [-0.2, -0.15) is 0 Å². The fraction of sp³-hybridized carbons (Fsp3) is 0.250. The Kier molecular flexibility index (Phi) is 5.82. The molecule has 7 heteroatoms. The van der Waals surface area contributed by atoms with Crippen LogP contribution in [0, 0.1) is 0 Å². The Morgan fingerprint density at radius 2 is 1.85 bits per heavy atom. The van der Waals surface area contributed by atoms with Gasteiger partial charge < -0.3 is 9.80 Å². The first-order chi connectivity index (χ1) is 13.0. The van der Waals surface area contributed by atoms with E-state index in [2.05, 4.69) is 0 Å². The fourth-order valence-corrected chi connectivity index (χ4v) is 3.34. The second-order valence-corrected chi connectivity index (χ2v) is 7.14. The van der Waals surface area contributed by atoms with Crippen molar-refractivity contribution in [3.8, 4) is 0 Å². The van der Waals surface area contributed by atoms with Gasteiger partial charge in [0.2, 0.25) is 6.41 Å². The predicted molar refractivity (Wildman–Crippen MR) is 107 cm³/mol. The number of amides is 2. The molecule has 140 valence electrons. The Labute approximate surface area is 167 Å². The second kappa shape index (κ2) is 8.11. The quantitative estimate of drug-likeness (QED) is 0.504. The zero-order valence-corrected chi connectivity index (χ0v) is 16.3. The summed E-state index contributed by atoms with van der Waals surface area (Å²) in [4.78, 5) is 39.2. The number of carbonyl (C=O) groups excluding carboxylic acids is 3. The van der Waals surface area contributed by atoms with E-state index in [-0.39, 0.29) is 6.54 Å². The lowest BCUT2D eigenvalue weighted by Gasteiger charge is -2.20. The van der Waals surface area contributed by atoms with Crippen molar-refractivity contribution in [3.63, 3.8) is 0 Å². The summed E-state index contributed by atoms with van der Waals surface area (Å²) >= 11 is 12.0. The summed E-state index contributed by atoms with van der Waals surface area (Å²) in [6.45, 7) is 2.81. The SMILES string of the molecule is CCCCN(C=O)c1ccc2c(c1)C(=O)C(=O)N2Cc1ccc(Cl)c(Cl)c1. The second-order valence-electron chi connectivity index (χ2n) is 6.32. The van der Waals surface area contributed by atoms with Crippen LogP contribution in [-0.2, 0) is 16.1 Å². The van der Waals surface area contributed by atoms with E-state index >= 15 is 0 Å². The van der Waals surface area contributed by atoms with Gasteiger partial charge in [0.1, 0.15) is 0 Å². The number of fused-ring (bicyclic) bond motifs is 1. The molecule has 0 N–H and O–H groups in total. The number of nitrogens with zero attached hydrogens (tertiary/aromatic N) is 2. The maximum atomic E-state index is 12.5. The van der Waals surface area contributed by atoms with E-state index in [0.29, 0.717) is 33.5 Å². The largest absolute Gasteiger partial charge is 0.315 e. The molecular formula is C20H18Cl2N2O3. The smallest absolute Gasteiger partial charge is 0.299 e. The molecule has 2 aromatic rings. The Hall–Kier alpha value is -2.37. The van der Waals surface area contributed by atoms with Crippen LogP contribution in [0.1, 0.15) is 35.7 Å². The van der Waals surface area contributed by atoms with Crippen molar-refractivity contribution >= 4 is 52.7 Å². The van der Waals surface area contributed by atoms with Gasteiger partial charge in [-0.1, -0.05) is 42.6 Å². The number of halogens is 2. The van der Waals surface area contributed by atoms with E-state index in [1.54, 1.807) is 41.3 Å². The number of unbranched alkanes of at least 4 members (excludes halogenated alkanes) is 1. The van der Waals surface area contributed by atoms with Crippen molar-refractivity contribution in [1.29, 1.82) is 0 Å². The minimum atomic E-state index is -0.598. The van der Waals surface area contributed by atoms with Crippen LogP contribution in [0.3, 0.4) is 0 Å². The third-order valence-corrected chi connectivity index (χ3v) is 5.23. The Bertz CT molecular complexity index is 914. The van der Waals surface area contributed by atoms with Crippen molar-refractivity contribution < 1.29 is 14.4 Å². The molecule has 5 nitrogen and oxygen atoms in total. The van der Waals surface area contributed by atoms with Crippen molar-refractivity contribution in [1.82, 2.24) is 0 Å². The van der Waals surface area contributed by atoms with Gasteiger partial charge >= 0.3 is 0 Å². The Morgan fingerprint density at radius 1 is 1.07 bits per heavy atom. The van der Waals surface area contributed by atoms with Crippen molar-refractivity contribution in [2.45, 2.75) is 26.3 Å². The third kappa shape index (κ3) is 3.84. The lowest BCUT2D eigenvalue weighted by atomic mass is 10.1. The first kappa shape index (κ1) is 19.4. The number of ketones is 1. The van der Waals surface area contributed by atoms with Gasteiger partial charge in [0.05, 0.1) is 27.8 Å². The van der Waals surface area contributed by atoms with E-state index in [9.17, 15) is 14.4 Å². The number of rotatable bonds is 7. The molecule has 0 spiro atoms. The summed E-state index contributed by atoms with van der Waals surface area (Å²) in [6, 6.07) is 10.1. The molecule has 0 aliphatic carbocycles. The monoisotopic (exact) mass is 404 g/mol. The summed E-state index contributed by atoms with van der Waals surface area (Å²) in [7, 11) is 0. The molecule has 0 unspecified atom stereocenters. The van der Waals surface area contributed by atoms with Gasteiger partial charge in [-0.25, -0.2) is 0 Å². The number of carbonyl (C=O) groups is 3. The molecule has 0 atom stereocenters. The topological polar surface area (TPSA) is 57.7 Å². The minimum Gasteiger partial charge on any atom is -0.315 e. The lowest BCUT2D eigenvalue weighted by Crippen LogP contribution is -2.29. The molecule has 0 saturated carbocycles. The molecule has 0 bridgehead atoms. The molecule has 27 heavy (non-hydrogen) atoms. The van der Waals surface area contributed by atoms with Crippen LogP contribution in [0.4, 0.5) is 11.4 Å². The standard InChI is InChI=1S/C20H18Cl2N2O3/c1-2-3-8-23(12-25)14-5-7-18-15(10-14)19(26)20(27)24(18)11-13-4-6-16(21)17(22)9-13/h4-7,9-10,12H,2-3,8,11H2,1H3. The summed E-state index contributed by atoms with van der Waals surface area (Å²) in [6.07, 6.45) is 2.54. The zero-order chi connectivity index (χ0) is 19.6. The highest BCUT2D eigenvalue weighted by molar-refractivity contribution is 6.52. The third-order valence-electron chi connectivity index (χ3n) is 4.49. The summed E-state index contributed by atoms with van der Waals surface area (Å²) < 4.78 is 0. The molecule has 2 amide bonds. The maximum Gasteiger partial charge on any atom is 0.299 e. The van der Waals surface area contributed by atoms with Crippen molar-refractivity contribution in [3.05, 3.63) is 57.6 Å². The zero-order valence-electron chi connectivity index (χ0n) is 14.7. The van der Waals surface area contributed by atoms with E-state index in [0.717, 1.165) is 24.8 Å². The number of anilines is 2. The molecule has 0 fully saturated rings. The average Bonchev–Trinajstić information content (AvgIpc) is 2.90. The summed E-state index contributed by atoms with van der Waals surface area (Å²) in [5.74, 6) is -1.17. The van der Waals surface area contributed by atoms with Gasteiger partial charge in [-0.05, 0) is 42.3 Å². The van der Waals surface area contributed by atoms with E-state index in [4.69, 9.17) is 23.2 Å². The maximum absolute atomic E-state index is 12.5. The summed E-state index contributed by atoms with van der Waals surface area (Å²) in [5.41, 5.74) is 2.21. The molecular weight excluding hydrogens is 387 g/mol. The lowest BCUT2D eigenvalue weighted by molar-refractivity contribution is -0.114. The number of benzene rings is 2. The van der Waals surface area contributed by atoms with Crippen LogP contribution >= 0.6 is 23.2 Å². The fourth-order valence-electron chi connectivity index (χ4n) is 3.02. The highest BCUT2D eigenvalue weighted by Crippen LogP contribution is 2.34. The molecule has 1 heterocycles. The molecule has 2 aromatic carbocycles. The van der Waals surface area contributed by atoms with E-state index in [1.165, 1.54) is 4.90 Å². The molecule has 3 rings (SSSR count). The number of hydrogen-bond acceptors (Lipinski definition) is 3. The number of hydrogen-bond donors (Lipinski definition) is 0. The van der Waals surface area contributed by atoms with Gasteiger partial charge in [-0.3, -0.25) is 14.4 Å². The molecule has 0 aromatic heterocycles. The van der Waals surface area contributed by atoms with Crippen LogP contribution in [-0.4, -0.2) is 24.6 Å². The van der Waals surface area contributed by atoms with Gasteiger partial charge in [0.25, 0.3) is 11.7 Å². The van der Waals surface area contributed by atoms with E-state index < -0.39 is 11.7 Å². The molecule has 0 saturated heterocycles. The Morgan fingerprint density at radius 3 is 2.52 bits per heavy atom. The van der Waals surface area contributed by atoms with Gasteiger partial charge in [-0.15, -0.1) is 0 Å². The van der Waals surface area contributed by atoms with Gasteiger partial charge in [0, 0.05) is 12.2 Å².